The van der Waals surface area contributed by atoms with Crippen LogP contribution in [0.1, 0.15) is 46.1 Å². The molecule has 0 saturated heterocycles. The molecule has 0 saturated carbocycles. The summed E-state index contributed by atoms with van der Waals surface area (Å²) in [6, 6.07) is 8.25. The summed E-state index contributed by atoms with van der Waals surface area (Å²) in [5.41, 5.74) is 1.06. The van der Waals surface area contributed by atoms with E-state index in [-0.39, 0.29) is 10.3 Å². The Labute approximate surface area is 140 Å². The van der Waals surface area contributed by atoms with Crippen LogP contribution in [-0.2, 0) is 17.4 Å². The van der Waals surface area contributed by atoms with Gasteiger partial charge in [-0.2, -0.15) is 0 Å². The smallest absolute Gasteiger partial charge is 0.0975 e. The number of hydrogen-bond donors (Lipinski definition) is 1. The standard InChI is InChI=1S/C17H26BrNOS/c1-6-12-17(5,19-21(20)16(2,3)4)13-11-14-9-7-8-10-15(14)18/h6-10,19H,1,11-13H2,2-5H3/t17-,21+/m1/s1. The van der Waals surface area contributed by atoms with Gasteiger partial charge < -0.3 is 0 Å². The highest BCUT2D eigenvalue weighted by molar-refractivity contribution is 9.10. The van der Waals surface area contributed by atoms with E-state index < -0.39 is 11.0 Å². The monoisotopic (exact) mass is 371 g/mol. The molecule has 0 unspecified atom stereocenters. The Morgan fingerprint density at radius 1 is 1.29 bits per heavy atom. The van der Waals surface area contributed by atoms with Gasteiger partial charge in [0, 0.05) is 10.0 Å². The van der Waals surface area contributed by atoms with Crippen LogP contribution >= 0.6 is 15.9 Å². The van der Waals surface area contributed by atoms with Crippen LogP contribution in [0.4, 0.5) is 0 Å². The highest BCUT2D eigenvalue weighted by Crippen LogP contribution is 2.25. The van der Waals surface area contributed by atoms with Gasteiger partial charge in [0.1, 0.15) is 0 Å². The van der Waals surface area contributed by atoms with Crippen LogP contribution in [0.2, 0.25) is 0 Å². The largest absolute Gasteiger partial charge is 0.242 e. The molecule has 0 radical (unpaired) electrons. The Morgan fingerprint density at radius 3 is 2.43 bits per heavy atom. The molecule has 1 aromatic rings. The van der Waals surface area contributed by atoms with Gasteiger partial charge >= 0.3 is 0 Å². The molecular formula is C17H26BrNOS. The summed E-state index contributed by atoms with van der Waals surface area (Å²) >= 11 is 3.59. The first-order chi connectivity index (χ1) is 9.68. The lowest BCUT2D eigenvalue weighted by molar-refractivity contribution is 0.396. The summed E-state index contributed by atoms with van der Waals surface area (Å²) in [4.78, 5) is 0. The van der Waals surface area contributed by atoms with Crippen LogP contribution in [0.3, 0.4) is 0 Å². The first kappa shape index (κ1) is 18.6. The lowest BCUT2D eigenvalue weighted by atomic mass is 9.91. The lowest BCUT2D eigenvalue weighted by Crippen LogP contribution is -2.48. The van der Waals surface area contributed by atoms with Crippen molar-refractivity contribution in [3.05, 3.63) is 47.0 Å². The fourth-order valence-corrected chi connectivity index (χ4v) is 3.42. The van der Waals surface area contributed by atoms with Gasteiger partial charge in [0.05, 0.1) is 15.7 Å². The molecule has 0 aromatic heterocycles. The molecule has 0 bridgehead atoms. The third-order valence-corrected chi connectivity index (χ3v) is 5.96. The van der Waals surface area contributed by atoms with Crippen LogP contribution in [-0.4, -0.2) is 14.5 Å². The van der Waals surface area contributed by atoms with Crippen molar-refractivity contribution in [3.63, 3.8) is 0 Å². The maximum atomic E-state index is 12.4. The van der Waals surface area contributed by atoms with E-state index in [4.69, 9.17) is 0 Å². The molecule has 0 heterocycles. The molecular weight excluding hydrogens is 346 g/mol. The minimum Gasteiger partial charge on any atom is -0.242 e. The van der Waals surface area contributed by atoms with Crippen molar-refractivity contribution in [2.24, 2.45) is 0 Å². The Kier molecular flexibility index (Phi) is 6.82. The van der Waals surface area contributed by atoms with E-state index in [0.717, 1.165) is 23.7 Å². The van der Waals surface area contributed by atoms with Gasteiger partial charge in [-0.15, -0.1) is 6.58 Å². The summed E-state index contributed by atoms with van der Waals surface area (Å²) in [6.07, 6.45) is 4.52. The van der Waals surface area contributed by atoms with E-state index in [2.05, 4.69) is 46.3 Å². The minimum absolute atomic E-state index is 0.213. The summed E-state index contributed by atoms with van der Waals surface area (Å²) in [6.45, 7) is 11.9. The first-order valence-corrected chi connectivity index (χ1v) is 9.16. The van der Waals surface area contributed by atoms with Crippen LogP contribution in [0.25, 0.3) is 0 Å². The third kappa shape index (κ3) is 6.05. The topological polar surface area (TPSA) is 29.1 Å². The maximum absolute atomic E-state index is 12.4. The van der Waals surface area contributed by atoms with Gasteiger partial charge in [0.25, 0.3) is 0 Å². The lowest BCUT2D eigenvalue weighted by Gasteiger charge is -2.33. The van der Waals surface area contributed by atoms with Gasteiger partial charge in [-0.05, 0) is 58.6 Å². The molecule has 2 atom stereocenters. The number of rotatable bonds is 7. The average Bonchev–Trinajstić information content (AvgIpc) is 2.37. The second-order valence-electron chi connectivity index (χ2n) is 6.63. The Morgan fingerprint density at radius 2 is 1.90 bits per heavy atom. The van der Waals surface area contributed by atoms with E-state index in [1.807, 2.05) is 39.0 Å². The van der Waals surface area contributed by atoms with Crippen LogP contribution in [0, 0.1) is 0 Å². The molecule has 4 heteroatoms. The molecule has 0 aliphatic carbocycles. The van der Waals surface area contributed by atoms with Crippen molar-refractivity contribution >= 4 is 26.9 Å². The molecule has 0 aliphatic rings. The van der Waals surface area contributed by atoms with Crippen LogP contribution in [0.15, 0.2) is 41.4 Å². The van der Waals surface area contributed by atoms with Gasteiger partial charge in [-0.25, -0.2) is 8.93 Å². The zero-order valence-electron chi connectivity index (χ0n) is 13.4. The molecule has 1 aromatic carbocycles. The van der Waals surface area contributed by atoms with Crippen molar-refractivity contribution < 1.29 is 4.21 Å². The van der Waals surface area contributed by atoms with Gasteiger partial charge in [-0.1, -0.05) is 40.2 Å². The van der Waals surface area contributed by atoms with Crippen molar-refractivity contribution in [2.75, 3.05) is 0 Å². The quantitative estimate of drug-likeness (QED) is 0.687. The second-order valence-corrected chi connectivity index (χ2v) is 9.45. The van der Waals surface area contributed by atoms with E-state index in [9.17, 15) is 4.21 Å². The van der Waals surface area contributed by atoms with Crippen LogP contribution < -0.4 is 4.72 Å². The molecule has 0 spiro atoms. The SMILES string of the molecule is C=CC[C@](C)(CCc1ccccc1Br)N[S@@](=O)C(C)(C)C. The van der Waals surface area contributed by atoms with Crippen molar-refractivity contribution in [3.8, 4) is 0 Å². The predicted molar refractivity (Wildman–Crippen MR) is 96.7 cm³/mol. The van der Waals surface area contributed by atoms with Gasteiger partial charge in [-0.3, -0.25) is 0 Å². The number of nitrogens with one attached hydrogen (secondary N) is 1. The molecule has 0 amide bonds. The molecule has 2 nitrogen and oxygen atoms in total. The first-order valence-electron chi connectivity index (χ1n) is 7.22. The Balaban J connectivity index is 2.79. The maximum Gasteiger partial charge on any atom is 0.0975 e. The predicted octanol–water partition coefficient (Wildman–Crippen LogP) is 4.77. The van der Waals surface area contributed by atoms with E-state index in [0.29, 0.717) is 0 Å². The number of benzene rings is 1. The Hall–Kier alpha value is -0.450. The minimum atomic E-state index is -1.08. The number of halogens is 1. The normalized spacial score (nSPS) is 16.2. The third-order valence-electron chi connectivity index (χ3n) is 3.39. The molecule has 118 valence electrons. The summed E-state index contributed by atoms with van der Waals surface area (Å²) in [5.74, 6) is 0. The average molecular weight is 372 g/mol. The van der Waals surface area contributed by atoms with Crippen molar-refractivity contribution in [2.45, 2.75) is 57.2 Å². The van der Waals surface area contributed by atoms with Crippen molar-refractivity contribution in [1.82, 2.24) is 4.72 Å². The number of hydrogen-bond acceptors (Lipinski definition) is 1. The molecule has 1 N–H and O–H groups in total. The van der Waals surface area contributed by atoms with Gasteiger partial charge in [0.2, 0.25) is 0 Å². The zero-order valence-corrected chi connectivity index (χ0v) is 15.8. The molecule has 1 rings (SSSR count). The van der Waals surface area contributed by atoms with E-state index >= 15 is 0 Å². The summed E-state index contributed by atoms with van der Waals surface area (Å²) in [7, 11) is -1.08. The molecule has 21 heavy (non-hydrogen) atoms. The fraction of sp³-hybridized carbons (Fsp3) is 0.529. The molecule has 0 fully saturated rings. The highest BCUT2D eigenvalue weighted by Gasteiger charge is 2.29. The summed E-state index contributed by atoms with van der Waals surface area (Å²) in [5, 5.41) is 0. The number of aryl methyl sites for hydroxylation is 1. The van der Waals surface area contributed by atoms with Crippen molar-refractivity contribution in [1.29, 1.82) is 0 Å². The van der Waals surface area contributed by atoms with Gasteiger partial charge in [0.15, 0.2) is 0 Å². The molecule has 0 aliphatic heterocycles. The highest BCUT2D eigenvalue weighted by atomic mass is 79.9. The van der Waals surface area contributed by atoms with Crippen LogP contribution in [0.5, 0.6) is 0 Å². The second kappa shape index (κ2) is 7.70. The van der Waals surface area contributed by atoms with E-state index in [1.165, 1.54) is 5.56 Å². The van der Waals surface area contributed by atoms with E-state index in [1.54, 1.807) is 0 Å². The fourth-order valence-electron chi connectivity index (χ4n) is 2.00. The summed E-state index contributed by atoms with van der Waals surface area (Å²) < 4.78 is 16.6. The Bertz CT molecular complexity index is 510. The zero-order chi connectivity index (χ0) is 16.1.